The number of rotatable bonds is 9. The summed E-state index contributed by atoms with van der Waals surface area (Å²) in [7, 11) is 1.61. The molecule has 0 aliphatic carbocycles. The minimum absolute atomic E-state index is 0.125. The third-order valence-electron chi connectivity index (χ3n) is 5.21. The highest BCUT2D eigenvalue weighted by Crippen LogP contribution is 2.41. The molecular weight excluding hydrogens is 428 g/mol. The van der Waals surface area contributed by atoms with Crippen LogP contribution in [0.5, 0.6) is 23.0 Å². The number of ketones is 1. The lowest BCUT2D eigenvalue weighted by atomic mass is 10.1. The summed E-state index contributed by atoms with van der Waals surface area (Å²) in [6, 6.07) is 9.25. The third-order valence-corrected chi connectivity index (χ3v) is 6.08. The number of hydrogen-bond donors (Lipinski definition) is 0. The first kappa shape index (κ1) is 22.6. The smallest absolute Gasteiger partial charge is 0.200 e. The van der Waals surface area contributed by atoms with E-state index in [9.17, 15) is 4.79 Å². The molecule has 2 aromatic rings. The Labute approximate surface area is 192 Å². The molecule has 0 bridgehead atoms. The first-order valence-corrected chi connectivity index (χ1v) is 11.9. The third kappa shape index (κ3) is 5.40. The van der Waals surface area contributed by atoms with Crippen molar-refractivity contribution in [3.63, 3.8) is 0 Å². The summed E-state index contributed by atoms with van der Waals surface area (Å²) >= 11 is 1.57. The van der Waals surface area contributed by atoms with Crippen molar-refractivity contribution in [3.05, 3.63) is 47.5 Å². The number of carbonyl (C=O) groups is 1. The van der Waals surface area contributed by atoms with Crippen molar-refractivity contribution in [2.45, 2.75) is 43.8 Å². The number of fused-ring (bicyclic) bond motifs is 1. The fourth-order valence-electron chi connectivity index (χ4n) is 3.54. The number of ether oxygens (including phenoxy) is 5. The first-order valence-electron chi connectivity index (χ1n) is 10.9. The van der Waals surface area contributed by atoms with Gasteiger partial charge in [0.15, 0.2) is 23.6 Å². The van der Waals surface area contributed by atoms with Crippen LogP contribution in [0.1, 0.15) is 48.5 Å². The standard InChI is InChI=1S/C25H28O6S/c1-3-11-28-21-15-23-24(32-16-30-23)14-18(21)19(26)9-7-17-8-10-20(27-2)22(13-17)31-25-6-4-5-12-29-25/h7-10,13-15,25H,3-6,11-12,16H2,1-2H3. The fourth-order valence-corrected chi connectivity index (χ4v) is 4.32. The van der Waals surface area contributed by atoms with E-state index < -0.39 is 0 Å². The van der Waals surface area contributed by atoms with Gasteiger partial charge in [0.1, 0.15) is 17.4 Å². The minimum atomic E-state index is -0.275. The van der Waals surface area contributed by atoms with Gasteiger partial charge in [-0.15, -0.1) is 0 Å². The Morgan fingerprint density at radius 2 is 2.09 bits per heavy atom. The van der Waals surface area contributed by atoms with E-state index >= 15 is 0 Å². The van der Waals surface area contributed by atoms with Gasteiger partial charge in [0.2, 0.25) is 0 Å². The van der Waals surface area contributed by atoms with Crippen LogP contribution >= 0.6 is 11.8 Å². The Hall–Kier alpha value is -2.64. The maximum absolute atomic E-state index is 13.0. The second-order valence-corrected chi connectivity index (χ2v) is 8.54. The molecule has 1 atom stereocenters. The van der Waals surface area contributed by atoms with Gasteiger partial charge >= 0.3 is 0 Å². The molecule has 1 fully saturated rings. The van der Waals surface area contributed by atoms with Gasteiger partial charge in [-0.25, -0.2) is 0 Å². The van der Waals surface area contributed by atoms with Crippen LogP contribution in [0, 0.1) is 0 Å². The molecule has 4 rings (SSSR count). The summed E-state index contributed by atoms with van der Waals surface area (Å²) in [5.41, 5.74) is 1.37. The number of allylic oxidation sites excluding steroid dienone is 1. The molecule has 2 aliphatic rings. The van der Waals surface area contributed by atoms with Crippen LogP contribution in [0.25, 0.3) is 6.08 Å². The van der Waals surface area contributed by atoms with Crippen LogP contribution in [-0.2, 0) is 4.74 Å². The van der Waals surface area contributed by atoms with E-state index in [-0.39, 0.29) is 12.1 Å². The van der Waals surface area contributed by atoms with Gasteiger partial charge in [0, 0.05) is 12.5 Å². The molecule has 0 aromatic heterocycles. The lowest BCUT2D eigenvalue weighted by molar-refractivity contribution is -0.106. The molecule has 32 heavy (non-hydrogen) atoms. The number of methoxy groups -OCH3 is 1. The molecule has 0 N–H and O–H groups in total. The van der Waals surface area contributed by atoms with Crippen molar-refractivity contribution >= 4 is 23.6 Å². The summed E-state index contributed by atoms with van der Waals surface area (Å²) in [4.78, 5) is 14.0. The Balaban J connectivity index is 1.53. The molecule has 2 heterocycles. The second kappa shape index (κ2) is 10.8. The van der Waals surface area contributed by atoms with E-state index in [1.807, 2.05) is 37.3 Å². The molecule has 2 aliphatic heterocycles. The largest absolute Gasteiger partial charge is 0.493 e. The van der Waals surface area contributed by atoms with Gasteiger partial charge in [0.05, 0.1) is 30.8 Å². The van der Waals surface area contributed by atoms with Gasteiger partial charge in [-0.2, -0.15) is 0 Å². The minimum Gasteiger partial charge on any atom is -0.493 e. The van der Waals surface area contributed by atoms with Crippen LogP contribution in [0.3, 0.4) is 0 Å². The summed E-state index contributed by atoms with van der Waals surface area (Å²) in [5.74, 6) is 2.98. The van der Waals surface area contributed by atoms with Gasteiger partial charge in [-0.05, 0) is 49.1 Å². The van der Waals surface area contributed by atoms with E-state index in [4.69, 9.17) is 23.7 Å². The summed E-state index contributed by atoms with van der Waals surface area (Å²) in [6.07, 6.45) is 6.90. The highest BCUT2D eigenvalue weighted by atomic mass is 32.2. The Morgan fingerprint density at radius 1 is 1.19 bits per heavy atom. The van der Waals surface area contributed by atoms with Crippen LogP contribution in [0.15, 0.2) is 41.3 Å². The normalized spacial score (nSPS) is 17.6. The van der Waals surface area contributed by atoms with E-state index in [1.54, 1.807) is 31.0 Å². The van der Waals surface area contributed by atoms with E-state index in [1.165, 1.54) is 0 Å². The SMILES string of the molecule is CCCOc1cc2c(cc1C(=O)C=Cc1ccc(OC)c(OC3CCCCO3)c1)SCO2. The van der Waals surface area contributed by atoms with Gasteiger partial charge in [-0.1, -0.05) is 30.8 Å². The summed E-state index contributed by atoms with van der Waals surface area (Å²) in [6.45, 7) is 3.27. The molecule has 7 heteroatoms. The maximum atomic E-state index is 13.0. The van der Waals surface area contributed by atoms with Crippen molar-refractivity contribution < 1.29 is 28.5 Å². The predicted octanol–water partition coefficient (Wildman–Crippen LogP) is 5.73. The lowest BCUT2D eigenvalue weighted by Gasteiger charge is -2.24. The van der Waals surface area contributed by atoms with Gasteiger partial charge in [0.25, 0.3) is 0 Å². The fraction of sp³-hybridized carbons (Fsp3) is 0.400. The zero-order chi connectivity index (χ0) is 22.3. The Morgan fingerprint density at radius 3 is 2.88 bits per heavy atom. The molecule has 6 nitrogen and oxygen atoms in total. The number of benzene rings is 2. The molecule has 2 aromatic carbocycles. The van der Waals surface area contributed by atoms with Crippen molar-refractivity contribution in [1.82, 2.24) is 0 Å². The van der Waals surface area contributed by atoms with Crippen LogP contribution in [0.2, 0.25) is 0 Å². The summed E-state index contributed by atoms with van der Waals surface area (Å²) < 4.78 is 28.6. The molecule has 170 valence electrons. The van der Waals surface area contributed by atoms with Crippen molar-refractivity contribution in [2.24, 2.45) is 0 Å². The lowest BCUT2D eigenvalue weighted by Crippen LogP contribution is -2.25. The Kier molecular flexibility index (Phi) is 7.60. The van der Waals surface area contributed by atoms with Crippen LogP contribution in [0.4, 0.5) is 0 Å². The monoisotopic (exact) mass is 456 g/mol. The van der Waals surface area contributed by atoms with Crippen molar-refractivity contribution in [3.8, 4) is 23.0 Å². The molecule has 1 saturated heterocycles. The zero-order valence-electron chi connectivity index (χ0n) is 18.4. The molecule has 0 saturated carbocycles. The van der Waals surface area contributed by atoms with Crippen molar-refractivity contribution in [1.29, 1.82) is 0 Å². The van der Waals surface area contributed by atoms with Crippen LogP contribution < -0.4 is 18.9 Å². The number of thioether (sulfide) groups is 1. The number of hydrogen-bond acceptors (Lipinski definition) is 7. The second-order valence-electron chi connectivity index (χ2n) is 7.57. The van der Waals surface area contributed by atoms with Gasteiger partial charge in [-0.3, -0.25) is 4.79 Å². The molecule has 0 spiro atoms. The topological polar surface area (TPSA) is 63.2 Å². The average molecular weight is 457 g/mol. The van der Waals surface area contributed by atoms with Gasteiger partial charge < -0.3 is 23.7 Å². The Bertz CT molecular complexity index is 981. The van der Waals surface area contributed by atoms with Crippen molar-refractivity contribution in [2.75, 3.05) is 26.3 Å². The van der Waals surface area contributed by atoms with Crippen LogP contribution in [-0.4, -0.2) is 38.3 Å². The average Bonchev–Trinajstić information content (AvgIpc) is 3.29. The maximum Gasteiger partial charge on any atom is 0.200 e. The molecule has 0 amide bonds. The highest BCUT2D eigenvalue weighted by molar-refractivity contribution is 7.99. The number of carbonyl (C=O) groups excluding carboxylic acids is 1. The molecule has 0 radical (unpaired) electrons. The first-order chi connectivity index (χ1) is 15.7. The van der Waals surface area contributed by atoms with E-state index in [0.717, 1.165) is 41.9 Å². The summed E-state index contributed by atoms with van der Waals surface area (Å²) in [5, 5.41) is 0. The van der Waals surface area contributed by atoms with E-state index in [0.29, 0.717) is 42.0 Å². The molecular formula is C25H28O6S. The zero-order valence-corrected chi connectivity index (χ0v) is 19.2. The van der Waals surface area contributed by atoms with E-state index in [2.05, 4.69) is 0 Å². The predicted molar refractivity (Wildman–Crippen MR) is 124 cm³/mol. The quantitative estimate of drug-likeness (QED) is 0.353. The molecule has 1 unspecified atom stereocenters. The highest BCUT2D eigenvalue weighted by Gasteiger charge is 2.21.